The second-order valence-corrected chi connectivity index (χ2v) is 7.20. The highest BCUT2D eigenvalue weighted by Gasteiger charge is 2.17. The maximum Gasteiger partial charge on any atom is 0.0562 e. The molecule has 1 atom stereocenters. The summed E-state index contributed by atoms with van der Waals surface area (Å²) < 4.78 is 0. The van der Waals surface area contributed by atoms with Crippen LogP contribution in [0.4, 0.5) is 5.69 Å². The maximum absolute atomic E-state index is 4.46. The Balaban J connectivity index is 1.94. The summed E-state index contributed by atoms with van der Waals surface area (Å²) in [7, 11) is 0. The van der Waals surface area contributed by atoms with Gasteiger partial charge in [-0.2, -0.15) is 11.8 Å². The molecule has 0 amide bonds. The molecule has 19 heavy (non-hydrogen) atoms. The standard InChI is InChI=1S/C15H25N3S/c1-12(2)9-16-10-14-8-15(4-5-17-14)18-6-7-19-13(3)11-18/h4-5,8,12-13,16H,6-7,9-11H2,1-3H3. The van der Waals surface area contributed by atoms with Gasteiger partial charge in [-0.05, 0) is 24.6 Å². The molecule has 3 nitrogen and oxygen atoms in total. The van der Waals surface area contributed by atoms with Crippen molar-refractivity contribution in [1.82, 2.24) is 10.3 Å². The van der Waals surface area contributed by atoms with Crippen LogP contribution in [0.15, 0.2) is 18.3 Å². The van der Waals surface area contributed by atoms with Crippen LogP contribution in [0.5, 0.6) is 0 Å². The van der Waals surface area contributed by atoms with Crippen molar-refractivity contribution >= 4 is 17.4 Å². The van der Waals surface area contributed by atoms with E-state index in [0.29, 0.717) is 5.92 Å². The lowest BCUT2D eigenvalue weighted by atomic mass is 10.2. The number of hydrogen-bond acceptors (Lipinski definition) is 4. The summed E-state index contributed by atoms with van der Waals surface area (Å²) in [6.45, 7) is 11.0. The first-order valence-corrected chi connectivity index (χ1v) is 8.22. The van der Waals surface area contributed by atoms with Gasteiger partial charge >= 0.3 is 0 Å². The predicted molar refractivity (Wildman–Crippen MR) is 84.9 cm³/mol. The van der Waals surface area contributed by atoms with Gasteiger partial charge in [-0.3, -0.25) is 4.98 Å². The van der Waals surface area contributed by atoms with E-state index in [1.54, 1.807) is 0 Å². The summed E-state index contributed by atoms with van der Waals surface area (Å²) in [6, 6.07) is 4.37. The predicted octanol–water partition coefficient (Wildman–Crippen LogP) is 2.77. The van der Waals surface area contributed by atoms with Gasteiger partial charge in [0.15, 0.2) is 0 Å². The Morgan fingerprint density at radius 1 is 1.53 bits per heavy atom. The van der Waals surface area contributed by atoms with Gasteiger partial charge in [-0.25, -0.2) is 0 Å². The van der Waals surface area contributed by atoms with E-state index < -0.39 is 0 Å². The fourth-order valence-corrected chi connectivity index (χ4v) is 3.31. The Hall–Kier alpha value is -0.740. The van der Waals surface area contributed by atoms with Gasteiger partial charge in [0.05, 0.1) is 5.69 Å². The van der Waals surface area contributed by atoms with Crippen molar-refractivity contribution in [2.75, 3.05) is 30.3 Å². The largest absolute Gasteiger partial charge is 0.370 e. The van der Waals surface area contributed by atoms with Crippen molar-refractivity contribution < 1.29 is 0 Å². The molecule has 2 rings (SSSR count). The van der Waals surface area contributed by atoms with E-state index in [1.165, 1.54) is 11.4 Å². The third-order valence-corrected chi connectivity index (χ3v) is 4.40. The van der Waals surface area contributed by atoms with Crippen LogP contribution in [0.2, 0.25) is 0 Å². The summed E-state index contributed by atoms with van der Waals surface area (Å²) in [5, 5.41) is 4.18. The lowest BCUT2D eigenvalue weighted by molar-refractivity contribution is 0.548. The number of thioether (sulfide) groups is 1. The van der Waals surface area contributed by atoms with Crippen molar-refractivity contribution in [2.45, 2.75) is 32.6 Å². The molecule has 1 aromatic heterocycles. The molecule has 1 saturated heterocycles. The quantitative estimate of drug-likeness (QED) is 0.897. The number of nitrogens with zero attached hydrogens (tertiary/aromatic N) is 2. The molecule has 1 aliphatic heterocycles. The molecule has 1 aliphatic rings. The molecule has 106 valence electrons. The Morgan fingerprint density at radius 3 is 3.11 bits per heavy atom. The van der Waals surface area contributed by atoms with Crippen molar-refractivity contribution in [3.05, 3.63) is 24.0 Å². The van der Waals surface area contributed by atoms with E-state index >= 15 is 0 Å². The lowest BCUT2D eigenvalue weighted by Crippen LogP contribution is -2.36. The molecule has 2 heterocycles. The van der Waals surface area contributed by atoms with Crippen LogP contribution < -0.4 is 10.2 Å². The Kier molecular flexibility index (Phi) is 5.52. The van der Waals surface area contributed by atoms with Gasteiger partial charge in [-0.15, -0.1) is 0 Å². The Morgan fingerprint density at radius 2 is 2.37 bits per heavy atom. The molecule has 1 unspecified atom stereocenters. The van der Waals surface area contributed by atoms with Crippen molar-refractivity contribution in [3.8, 4) is 0 Å². The minimum Gasteiger partial charge on any atom is -0.370 e. The molecule has 0 aromatic carbocycles. The summed E-state index contributed by atoms with van der Waals surface area (Å²) in [5.41, 5.74) is 2.47. The van der Waals surface area contributed by atoms with Crippen LogP contribution >= 0.6 is 11.8 Å². The van der Waals surface area contributed by atoms with E-state index in [1.807, 2.05) is 6.20 Å². The van der Waals surface area contributed by atoms with Crippen LogP contribution in [0.25, 0.3) is 0 Å². The third-order valence-electron chi connectivity index (χ3n) is 3.27. The Labute approximate surface area is 121 Å². The molecule has 1 aromatic rings. The number of pyridine rings is 1. The van der Waals surface area contributed by atoms with Crippen molar-refractivity contribution in [2.24, 2.45) is 5.92 Å². The monoisotopic (exact) mass is 279 g/mol. The third kappa shape index (κ3) is 4.69. The van der Waals surface area contributed by atoms with Gasteiger partial charge in [0.1, 0.15) is 0 Å². The van der Waals surface area contributed by atoms with Gasteiger partial charge in [0, 0.05) is 42.5 Å². The first kappa shape index (κ1) is 14.7. The lowest BCUT2D eigenvalue weighted by Gasteiger charge is -2.32. The van der Waals surface area contributed by atoms with Gasteiger partial charge in [0.25, 0.3) is 0 Å². The minimum atomic E-state index is 0.683. The normalized spacial score (nSPS) is 20.0. The molecular weight excluding hydrogens is 254 g/mol. The molecule has 0 bridgehead atoms. The molecule has 1 fully saturated rings. The number of nitrogens with one attached hydrogen (secondary N) is 1. The number of anilines is 1. The first-order chi connectivity index (χ1) is 9.15. The van der Waals surface area contributed by atoms with Crippen LogP contribution in [0.1, 0.15) is 26.5 Å². The summed E-state index contributed by atoms with van der Waals surface area (Å²) in [4.78, 5) is 6.94. The summed E-state index contributed by atoms with van der Waals surface area (Å²) in [6.07, 6.45) is 1.94. The van der Waals surface area contributed by atoms with E-state index in [0.717, 1.165) is 37.1 Å². The fraction of sp³-hybridized carbons (Fsp3) is 0.667. The average molecular weight is 279 g/mol. The zero-order chi connectivity index (χ0) is 13.7. The van der Waals surface area contributed by atoms with Gasteiger partial charge in [0.2, 0.25) is 0 Å². The molecule has 0 aliphatic carbocycles. The highest BCUT2D eigenvalue weighted by Crippen LogP contribution is 2.23. The van der Waals surface area contributed by atoms with Crippen molar-refractivity contribution in [3.63, 3.8) is 0 Å². The SMILES string of the molecule is CC(C)CNCc1cc(N2CCSC(C)C2)ccn1. The number of rotatable bonds is 5. The first-order valence-electron chi connectivity index (χ1n) is 7.17. The van der Waals surface area contributed by atoms with Crippen LogP contribution in [0, 0.1) is 5.92 Å². The van der Waals surface area contributed by atoms with E-state index in [9.17, 15) is 0 Å². The fourth-order valence-electron chi connectivity index (χ4n) is 2.30. The zero-order valence-electron chi connectivity index (χ0n) is 12.2. The van der Waals surface area contributed by atoms with Crippen LogP contribution in [0.3, 0.4) is 0 Å². The summed E-state index contributed by atoms with van der Waals surface area (Å²) >= 11 is 2.07. The molecule has 1 N–H and O–H groups in total. The molecule has 0 saturated carbocycles. The summed E-state index contributed by atoms with van der Waals surface area (Å²) in [5.74, 6) is 1.91. The molecule has 0 spiro atoms. The second kappa shape index (κ2) is 7.15. The highest BCUT2D eigenvalue weighted by atomic mass is 32.2. The van der Waals surface area contributed by atoms with Gasteiger partial charge in [-0.1, -0.05) is 20.8 Å². The Bertz CT molecular complexity index is 395. The van der Waals surface area contributed by atoms with E-state index in [4.69, 9.17) is 0 Å². The van der Waals surface area contributed by atoms with E-state index in [-0.39, 0.29) is 0 Å². The average Bonchev–Trinajstić information content (AvgIpc) is 2.39. The van der Waals surface area contributed by atoms with Gasteiger partial charge < -0.3 is 10.2 Å². The topological polar surface area (TPSA) is 28.2 Å². The second-order valence-electron chi connectivity index (χ2n) is 5.66. The highest BCUT2D eigenvalue weighted by molar-refractivity contribution is 8.00. The van der Waals surface area contributed by atoms with Crippen molar-refractivity contribution in [1.29, 1.82) is 0 Å². The molecular formula is C15H25N3S. The maximum atomic E-state index is 4.46. The molecule has 4 heteroatoms. The van der Waals surface area contributed by atoms with E-state index in [2.05, 4.69) is 59.9 Å². The zero-order valence-corrected chi connectivity index (χ0v) is 13.0. The number of aromatic nitrogens is 1. The minimum absolute atomic E-state index is 0.683. The smallest absolute Gasteiger partial charge is 0.0562 e. The van der Waals surface area contributed by atoms with Crippen LogP contribution in [-0.4, -0.2) is 35.6 Å². The molecule has 0 radical (unpaired) electrons. The van der Waals surface area contributed by atoms with Crippen LogP contribution in [-0.2, 0) is 6.54 Å². The number of hydrogen-bond donors (Lipinski definition) is 1.